The fourth-order valence-electron chi connectivity index (χ4n) is 1.61. The van der Waals surface area contributed by atoms with Crippen LogP contribution in [0.4, 0.5) is 21.9 Å². The zero-order valence-corrected chi connectivity index (χ0v) is 11.2. The minimum Gasteiger partial charge on any atom is -0.399 e. The van der Waals surface area contributed by atoms with E-state index in [0.29, 0.717) is 22.1 Å². The average Bonchev–Trinajstić information content (AvgIpc) is 2.40. The number of urea groups is 1. The van der Waals surface area contributed by atoms with E-state index in [0.717, 1.165) is 0 Å². The number of anilines is 3. The van der Waals surface area contributed by atoms with Crippen LogP contribution in [0.1, 0.15) is 0 Å². The van der Waals surface area contributed by atoms with Crippen LogP contribution in [0, 0.1) is 0 Å². The van der Waals surface area contributed by atoms with Crippen molar-refractivity contribution in [1.82, 2.24) is 0 Å². The first kappa shape index (κ1) is 13.2. The van der Waals surface area contributed by atoms with Gasteiger partial charge in [-0.25, -0.2) is 4.79 Å². The lowest BCUT2D eigenvalue weighted by molar-refractivity contribution is 0.258. The van der Waals surface area contributed by atoms with Crippen LogP contribution in [0.5, 0.6) is 0 Å². The molecule has 4 nitrogen and oxygen atoms in total. The molecule has 0 aliphatic carbocycles. The van der Waals surface area contributed by atoms with E-state index >= 15 is 0 Å². The van der Waals surface area contributed by atoms with Crippen molar-refractivity contribution in [2.45, 2.75) is 0 Å². The molecule has 0 saturated carbocycles. The zero-order valence-electron chi connectivity index (χ0n) is 10.4. The Morgan fingerprint density at radius 1 is 1.21 bits per heavy atom. The summed E-state index contributed by atoms with van der Waals surface area (Å²) < 4.78 is 0. The number of carbonyl (C=O) groups excluding carboxylic acids is 1. The van der Waals surface area contributed by atoms with Crippen LogP contribution >= 0.6 is 11.6 Å². The minimum atomic E-state index is -0.279. The predicted octanol–water partition coefficient (Wildman–Crippen LogP) is 3.59. The van der Waals surface area contributed by atoms with Crippen molar-refractivity contribution < 1.29 is 4.79 Å². The van der Waals surface area contributed by atoms with E-state index in [1.807, 2.05) is 12.1 Å². The Hall–Kier alpha value is -2.20. The smallest absolute Gasteiger partial charge is 0.326 e. The summed E-state index contributed by atoms with van der Waals surface area (Å²) in [6, 6.07) is 13.9. The molecular weight excluding hydrogens is 262 g/mol. The van der Waals surface area contributed by atoms with Gasteiger partial charge < -0.3 is 11.1 Å². The Balaban J connectivity index is 2.14. The van der Waals surface area contributed by atoms with Crippen LogP contribution < -0.4 is 16.0 Å². The van der Waals surface area contributed by atoms with Gasteiger partial charge in [-0.15, -0.1) is 0 Å². The van der Waals surface area contributed by atoms with Crippen LogP contribution in [0.15, 0.2) is 48.5 Å². The first-order valence-corrected chi connectivity index (χ1v) is 6.10. The Morgan fingerprint density at radius 3 is 2.63 bits per heavy atom. The van der Waals surface area contributed by atoms with Gasteiger partial charge in [0.05, 0.1) is 10.7 Å². The molecule has 2 aromatic carbocycles. The summed E-state index contributed by atoms with van der Waals surface area (Å²) in [6.07, 6.45) is 0. The summed E-state index contributed by atoms with van der Waals surface area (Å²) in [6.45, 7) is 0. The Labute approximate surface area is 116 Å². The van der Waals surface area contributed by atoms with Gasteiger partial charge in [-0.05, 0) is 30.3 Å². The number of hydrogen-bond acceptors (Lipinski definition) is 2. The van der Waals surface area contributed by atoms with Crippen molar-refractivity contribution in [1.29, 1.82) is 0 Å². The van der Waals surface area contributed by atoms with Gasteiger partial charge in [-0.1, -0.05) is 29.8 Å². The second kappa shape index (κ2) is 5.63. The van der Waals surface area contributed by atoms with Crippen LogP contribution in [0.25, 0.3) is 0 Å². The molecule has 0 saturated heterocycles. The van der Waals surface area contributed by atoms with Crippen LogP contribution in [0.2, 0.25) is 5.02 Å². The zero-order chi connectivity index (χ0) is 13.8. The number of rotatable bonds is 2. The summed E-state index contributed by atoms with van der Waals surface area (Å²) >= 11 is 5.99. The number of halogens is 1. The van der Waals surface area contributed by atoms with Crippen molar-refractivity contribution in [3.8, 4) is 0 Å². The molecule has 98 valence electrons. The number of nitrogens with two attached hydrogens (primary N) is 1. The maximum atomic E-state index is 12.1. The number of benzene rings is 2. The van der Waals surface area contributed by atoms with Gasteiger partial charge in [-0.3, -0.25) is 4.90 Å². The molecule has 3 N–H and O–H groups in total. The molecule has 2 rings (SSSR count). The van der Waals surface area contributed by atoms with Gasteiger partial charge in [0.2, 0.25) is 0 Å². The molecule has 0 atom stereocenters. The van der Waals surface area contributed by atoms with Gasteiger partial charge >= 0.3 is 6.03 Å². The first-order chi connectivity index (χ1) is 9.08. The number of hydrogen-bond donors (Lipinski definition) is 2. The number of nitrogens with zero attached hydrogens (tertiary/aromatic N) is 1. The standard InChI is InChI=1S/C14H14ClN3O/c1-18(11-6-4-5-10(16)9-11)14(19)17-13-8-3-2-7-12(13)15/h2-9H,16H2,1H3,(H,17,19). The van der Waals surface area contributed by atoms with E-state index < -0.39 is 0 Å². The van der Waals surface area contributed by atoms with Crippen LogP contribution in [-0.2, 0) is 0 Å². The van der Waals surface area contributed by atoms with Gasteiger partial charge in [0.15, 0.2) is 0 Å². The second-order valence-corrected chi connectivity index (χ2v) is 4.47. The normalized spacial score (nSPS) is 10.0. The third kappa shape index (κ3) is 3.17. The van der Waals surface area contributed by atoms with E-state index in [4.69, 9.17) is 17.3 Å². The maximum Gasteiger partial charge on any atom is 0.326 e. The van der Waals surface area contributed by atoms with Gasteiger partial charge in [0.25, 0.3) is 0 Å². The van der Waals surface area contributed by atoms with E-state index in [9.17, 15) is 4.79 Å². The predicted molar refractivity (Wildman–Crippen MR) is 79.7 cm³/mol. The average molecular weight is 276 g/mol. The highest BCUT2D eigenvalue weighted by Gasteiger charge is 2.12. The molecule has 0 radical (unpaired) electrons. The third-order valence-electron chi connectivity index (χ3n) is 2.68. The molecule has 19 heavy (non-hydrogen) atoms. The Morgan fingerprint density at radius 2 is 1.95 bits per heavy atom. The summed E-state index contributed by atoms with van der Waals surface area (Å²) in [4.78, 5) is 13.6. The van der Waals surface area contributed by atoms with Gasteiger partial charge in [0, 0.05) is 18.4 Å². The maximum absolute atomic E-state index is 12.1. The van der Waals surface area contributed by atoms with Crippen molar-refractivity contribution >= 4 is 34.7 Å². The van der Waals surface area contributed by atoms with E-state index in [1.54, 1.807) is 43.4 Å². The second-order valence-electron chi connectivity index (χ2n) is 4.06. The lowest BCUT2D eigenvalue weighted by atomic mass is 10.2. The lowest BCUT2D eigenvalue weighted by Crippen LogP contribution is -2.31. The molecular formula is C14H14ClN3O. The fraction of sp³-hybridized carbons (Fsp3) is 0.0714. The highest BCUT2D eigenvalue weighted by molar-refractivity contribution is 6.33. The number of nitrogen functional groups attached to an aromatic ring is 1. The third-order valence-corrected chi connectivity index (χ3v) is 3.01. The molecule has 2 aromatic rings. The Kier molecular flexibility index (Phi) is 3.92. The number of nitrogens with one attached hydrogen (secondary N) is 1. The molecule has 0 heterocycles. The van der Waals surface area contributed by atoms with Crippen molar-refractivity contribution in [2.24, 2.45) is 0 Å². The summed E-state index contributed by atoms with van der Waals surface area (Å²) in [7, 11) is 1.67. The molecule has 0 fully saturated rings. The monoisotopic (exact) mass is 275 g/mol. The van der Waals surface area contributed by atoms with Crippen molar-refractivity contribution in [3.63, 3.8) is 0 Å². The van der Waals surface area contributed by atoms with Gasteiger partial charge in [-0.2, -0.15) is 0 Å². The number of carbonyl (C=O) groups is 1. The highest BCUT2D eigenvalue weighted by Crippen LogP contribution is 2.22. The van der Waals surface area contributed by atoms with E-state index in [2.05, 4.69) is 5.32 Å². The largest absolute Gasteiger partial charge is 0.399 e. The van der Waals surface area contributed by atoms with E-state index in [-0.39, 0.29) is 6.03 Å². The van der Waals surface area contributed by atoms with Crippen LogP contribution in [-0.4, -0.2) is 13.1 Å². The summed E-state index contributed by atoms with van der Waals surface area (Å²) in [5.74, 6) is 0. The lowest BCUT2D eigenvalue weighted by Gasteiger charge is -2.18. The highest BCUT2D eigenvalue weighted by atomic mass is 35.5. The van der Waals surface area contributed by atoms with Crippen molar-refractivity contribution in [3.05, 3.63) is 53.6 Å². The molecule has 0 aliphatic rings. The summed E-state index contributed by atoms with van der Waals surface area (Å²) in [5.41, 5.74) is 7.59. The van der Waals surface area contributed by atoms with Gasteiger partial charge in [0.1, 0.15) is 0 Å². The quantitative estimate of drug-likeness (QED) is 0.823. The fourth-order valence-corrected chi connectivity index (χ4v) is 1.80. The first-order valence-electron chi connectivity index (χ1n) is 5.72. The number of para-hydroxylation sites is 1. The Bertz CT molecular complexity index is 601. The molecule has 0 aromatic heterocycles. The molecule has 0 spiro atoms. The summed E-state index contributed by atoms with van der Waals surface area (Å²) in [5, 5.41) is 3.24. The van der Waals surface area contributed by atoms with Crippen molar-refractivity contribution in [2.75, 3.05) is 23.0 Å². The molecule has 0 bridgehead atoms. The topological polar surface area (TPSA) is 58.4 Å². The number of amides is 2. The van der Waals surface area contributed by atoms with Crippen LogP contribution in [0.3, 0.4) is 0 Å². The minimum absolute atomic E-state index is 0.279. The molecule has 0 unspecified atom stereocenters. The molecule has 2 amide bonds. The SMILES string of the molecule is CN(C(=O)Nc1ccccc1Cl)c1cccc(N)c1. The molecule has 5 heteroatoms. The molecule has 0 aliphatic heterocycles. The van der Waals surface area contributed by atoms with E-state index in [1.165, 1.54) is 4.90 Å².